The Kier molecular flexibility index (Phi) is 4.00. The second kappa shape index (κ2) is 5.01. The summed E-state index contributed by atoms with van der Waals surface area (Å²) in [7, 11) is -4.39. The number of rotatable bonds is 4. The zero-order valence-corrected chi connectivity index (χ0v) is 9.96. The monoisotopic (exact) mass is 299 g/mol. The Morgan fingerprint density at radius 3 is 2.37 bits per heavy atom. The van der Waals surface area contributed by atoms with Crippen LogP contribution < -0.4 is 10.5 Å². The lowest BCUT2D eigenvalue weighted by Gasteiger charge is -2.12. The first-order valence-corrected chi connectivity index (χ1v) is 6.18. The van der Waals surface area contributed by atoms with Crippen LogP contribution in [0, 0.1) is 10.1 Å². The highest BCUT2D eigenvalue weighted by molar-refractivity contribution is 7.89. The van der Waals surface area contributed by atoms with Gasteiger partial charge in [0.25, 0.3) is 5.69 Å². The molecule has 3 N–H and O–H groups in total. The number of nitrogens with two attached hydrogens (primary N) is 1. The first-order chi connectivity index (χ1) is 8.52. The Labute approximate surface area is 105 Å². The third-order valence-corrected chi connectivity index (χ3v) is 2.93. The Morgan fingerprint density at radius 1 is 1.37 bits per heavy atom. The molecule has 0 bridgehead atoms. The van der Waals surface area contributed by atoms with Crippen molar-refractivity contribution in [2.75, 3.05) is 11.9 Å². The van der Waals surface area contributed by atoms with Gasteiger partial charge in [-0.15, -0.1) is 0 Å². The van der Waals surface area contributed by atoms with E-state index < -0.39 is 43.9 Å². The Bertz CT molecular complexity index is 600. The SMILES string of the molecule is NS(=O)(=O)c1cccc([N+](=O)[O-])c1NCC(F)(F)F. The van der Waals surface area contributed by atoms with E-state index in [0.29, 0.717) is 0 Å². The molecule has 7 nitrogen and oxygen atoms in total. The molecule has 0 aromatic heterocycles. The zero-order valence-electron chi connectivity index (χ0n) is 9.14. The Balaban J connectivity index is 3.35. The molecule has 19 heavy (non-hydrogen) atoms. The van der Waals surface area contributed by atoms with Gasteiger partial charge in [-0.2, -0.15) is 13.2 Å². The van der Waals surface area contributed by atoms with E-state index in [1.54, 1.807) is 5.32 Å². The van der Waals surface area contributed by atoms with Crippen LogP contribution in [0.15, 0.2) is 23.1 Å². The first-order valence-electron chi connectivity index (χ1n) is 4.63. The Hall–Kier alpha value is -1.88. The number of nitro benzene ring substituents is 1. The maximum Gasteiger partial charge on any atom is 0.405 e. The molecular formula is C8H8F3N3O4S. The molecule has 1 rings (SSSR count). The second-order valence-corrected chi connectivity index (χ2v) is 4.95. The standard InChI is InChI=1S/C8H8F3N3O4S/c9-8(10,11)4-13-7-5(14(15)16)2-1-3-6(7)19(12,17)18/h1-3,13H,4H2,(H2,12,17,18). The van der Waals surface area contributed by atoms with Gasteiger partial charge in [0, 0.05) is 6.07 Å². The molecule has 1 aromatic rings. The summed E-state index contributed by atoms with van der Waals surface area (Å²) in [4.78, 5) is 8.90. The van der Waals surface area contributed by atoms with Gasteiger partial charge >= 0.3 is 6.18 Å². The fraction of sp³-hybridized carbons (Fsp3) is 0.250. The summed E-state index contributed by atoms with van der Waals surface area (Å²) < 4.78 is 58.6. The van der Waals surface area contributed by atoms with Crippen molar-refractivity contribution >= 4 is 21.4 Å². The van der Waals surface area contributed by atoms with E-state index in [-0.39, 0.29) is 0 Å². The summed E-state index contributed by atoms with van der Waals surface area (Å²) in [6.45, 7) is -1.62. The normalized spacial score (nSPS) is 12.2. The second-order valence-electron chi connectivity index (χ2n) is 3.42. The molecule has 0 aliphatic rings. The number of alkyl halides is 3. The van der Waals surface area contributed by atoms with Crippen LogP contribution in [0.4, 0.5) is 24.5 Å². The van der Waals surface area contributed by atoms with Crippen molar-refractivity contribution in [3.8, 4) is 0 Å². The van der Waals surface area contributed by atoms with Crippen LogP contribution in [0.1, 0.15) is 0 Å². The van der Waals surface area contributed by atoms with Crippen LogP contribution in [0.2, 0.25) is 0 Å². The van der Waals surface area contributed by atoms with Gasteiger partial charge in [0.15, 0.2) is 0 Å². The van der Waals surface area contributed by atoms with Crippen molar-refractivity contribution in [1.82, 2.24) is 0 Å². The maximum absolute atomic E-state index is 12.1. The van der Waals surface area contributed by atoms with Crippen LogP contribution in [0.3, 0.4) is 0 Å². The molecule has 0 amide bonds. The van der Waals surface area contributed by atoms with E-state index in [2.05, 4.69) is 0 Å². The van der Waals surface area contributed by atoms with Gasteiger partial charge in [0.1, 0.15) is 17.1 Å². The van der Waals surface area contributed by atoms with Crippen LogP contribution >= 0.6 is 0 Å². The number of halogens is 3. The minimum Gasteiger partial charge on any atom is -0.370 e. The molecule has 0 aliphatic heterocycles. The number of hydrogen-bond donors (Lipinski definition) is 2. The summed E-state index contributed by atoms with van der Waals surface area (Å²) in [5, 5.41) is 17.2. The lowest BCUT2D eigenvalue weighted by Crippen LogP contribution is -2.24. The molecule has 0 unspecified atom stereocenters. The quantitative estimate of drug-likeness (QED) is 0.640. The number of sulfonamides is 1. The molecule has 0 heterocycles. The maximum atomic E-state index is 12.1. The molecule has 106 valence electrons. The van der Waals surface area contributed by atoms with Gasteiger partial charge < -0.3 is 5.32 Å². The predicted octanol–water partition coefficient (Wildman–Crippen LogP) is 1.22. The van der Waals surface area contributed by atoms with Crippen LogP contribution in [-0.4, -0.2) is 26.1 Å². The van der Waals surface area contributed by atoms with Crippen LogP contribution in [0.25, 0.3) is 0 Å². The number of anilines is 1. The van der Waals surface area contributed by atoms with Crippen LogP contribution in [-0.2, 0) is 10.0 Å². The first kappa shape index (κ1) is 15.2. The summed E-state index contributed by atoms with van der Waals surface area (Å²) in [6.07, 6.45) is -4.67. The summed E-state index contributed by atoms with van der Waals surface area (Å²) >= 11 is 0. The summed E-state index contributed by atoms with van der Waals surface area (Å²) in [5.74, 6) is 0. The van der Waals surface area contributed by atoms with Crippen LogP contribution in [0.5, 0.6) is 0 Å². The average Bonchev–Trinajstić information content (AvgIpc) is 2.23. The molecule has 0 radical (unpaired) electrons. The number of benzene rings is 1. The number of nitrogens with zero attached hydrogens (tertiary/aromatic N) is 1. The highest BCUT2D eigenvalue weighted by Gasteiger charge is 2.30. The molecule has 0 fully saturated rings. The number of para-hydroxylation sites is 1. The molecule has 0 saturated heterocycles. The lowest BCUT2D eigenvalue weighted by atomic mass is 10.2. The van der Waals surface area contributed by atoms with Crippen molar-refractivity contribution in [1.29, 1.82) is 0 Å². The van der Waals surface area contributed by atoms with E-state index in [9.17, 15) is 31.7 Å². The van der Waals surface area contributed by atoms with E-state index in [1.165, 1.54) is 0 Å². The van der Waals surface area contributed by atoms with E-state index in [1.807, 2.05) is 0 Å². The largest absolute Gasteiger partial charge is 0.405 e. The number of primary sulfonamides is 1. The van der Waals surface area contributed by atoms with Crippen molar-refractivity contribution < 1.29 is 26.5 Å². The van der Waals surface area contributed by atoms with Gasteiger partial charge in [-0.1, -0.05) is 6.07 Å². The van der Waals surface area contributed by atoms with Gasteiger partial charge in [-0.25, -0.2) is 13.6 Å². The molecule has 11 heteroatoms. The van der Waals surface area contributed by atoms with Crippen molar-refractivity contribution in [3.05, 3.63) is 28.3 Å². The zero-order chi connectivity index (χ0) is 14.8. The molecule has 0 aliphatic carbocycles. The Morgan fingerprint density at radius 2 is 1.95 bits per heavy atom. The van der Waals surface area contributed by atoms with E-state index >= 15 is 0 Å². The van der Waals surface area contributed by atoms with Crippen molar-refractivity contribution in [3.63, 3.8) is 0 Å². The van der Waals surface area contributed by atoms with E-state index in [4.69, 9.17) is 5.14 Å². The van der Waals surface area contributed by atoms with Gasteiger partial charge in [-0.3, -0.25) is 10.1 Å². The molecule has 0 saturated carbocycles. The van der Waals surface area contributed by atoms with Crippen molar-refractivity contribution in [2.24, 2.45) is 5.14 Å². The minimum absolute atomic E-state index is 0.772. The molecule has 0 spiro atoms. The number of nitrogens with one attached hydrogen (secondary N) is 1. The third-order valence-electron chi connectivity index (χ3n) is 1.97. The van der Waals surface area contributed by atoms with Gasteiger partial charge in [-0.05, 0) is 6.07 Å². The summed E-state index contributed by atoms with van der Waals surface area (Å²) in [6, 6.07) is 2.76. The minimum atomic E-state index is -4.67. The highest BCUT2D eigenvalue weighted by atomic mass is 32.2. The fourth-order valence-electron chi connectivity index (χ4n) is 1.28. The molecular weight excluding hydrogens is 291 g/mol. The molecule has 0 atom stereocenters. The average molecular weight is 299 g/mol. The molecule has 1 aromatic carbocycles. The topological polar surface area (TPSA) is 115 Å². The van der Waals surface area contributed by atoms with E-state index in [0.717, 1.165) is 18.2 Å². The van der Waals surface area contributed by atoms with Crippen molar-refractivity contribution in [2.45, 2.75) is 11.1 Å². The number of hydrogen-bond acceptors (Lipinski definition) is 5. The van der Waals surface area contributed by atoms with Gasteiger partial charge in [0.2, 0.25) is 10.0 Å². The van der Waals surface area contributed by atoms with Gasteiger partial charge in [0.05, 0.1) is 4.92 Å². The third kappa shape index (κ3) is 4.06. The highest BCUT2D eigenvalue weighted by Crippen LogP contribution is 2.31. The smallest absolute Gasteiger partial charge is 0.370 e. The lowest BCUT2D eigenvalue weighted by molar-refractivity contribution is -0.384. The fourth-order valence-corrected chi connectivity index (χ4v) is 2.00. The number of nitro groups is 1. The summed E-state index contributed by atoms with van der Waals surface area (Å²) in [5.41, 5.74) is -1.59. The predicted molar refractivity (Wildman–Crippen MR) is 59.0 cm³/mol.